The van der Waals surface area contributed by atoms with Gasteiger partial charge in [-0.1, -0.05) is 12.1 Å². The SMILES string of the molecule is Cc1cccc(N2CC(C(=O)Nc3ccc(N4CCCCC4)cc3)CC2=O)c1C. The van der Waals surface area contributed by atoms with Crippen molar-refractivity contribution in [2.24, 2.45) is 5.92 Å². The minimum atomic E-state index is -0.329. The number of nitrogens with zero attached hydrogens (tertiary/aromatic N) is 2. The molecular weight excluding hydrogens is 362 g/mol. The maximum Gasteiger partial charge on any atom is 0.229 e. The molecule has 2 aliphatic rings. The molecule has 4 rings (SSSR count). The van der Waals surface area contributed by atoms with E-state index < -0.39 is 0 Å². The molecule has 2 aromatic carbocycles. The van der Waals surface area contributed by atoms with Gasteiger partial charge in [-0.05, 0) is 74.6 Å². The Morgan fingerprint density at radius 1 is 1.00 bits per heavy atom. The van der Waals surface area contributed by atoms with Gasteiger partial charge in [0.1, 0.15) is 0 Å². The zero-order valence-electron chi connectivity index (χ0n) is 17.3. The zero-order valence-corrected chi connectivity index (χ0v) is 17.3. The van der Waals surface area contributed by atoms with Gasteiger partial charge in [-0.15, -0.1) is 0 Å². The molecule has 0 bridgehead atoms. The Balaban J connectivity index is 1.40. The predicted molar refractivity (Wildman–Crippen MR) is 118 cm³/mol. The lowest BCUT2D eigenvalue weighted by Crippen LogP contribution is -2.29. The van der Waals surface area contributed by atoms with Gasteiger partial charge in [-0.25, -0.2) is 0 Å². The molecule has 5 heteroatoms. The summed E-state index contributed by atoms with van der Waals surface area (Å²) in [4.78, 5) is 29.5. The van der Waals surface area contributed by atoms with E-state index in [1.54, 1.807) is 4.90 Å². The number of nitrogens with one attached hydrogen (secondary N) is 1. The molecule has 2 fully saturated rings. The van der Waals surface area contributed by atoms with Crippen molar-refractivity contribution in [2.75, 3.05) is 34.8 Å². The average molecular weight is 392 g/mol. The molecule has 0 aromatic heterocycles. The van der Waals surface area contributed by atoms with Crippen LogP contribution in [0.4, 0.5) is 17.1 Å². The number of hydrogen-bond donors (Lipinski definition) is 1. The standard InChI is InChI=1S/C24H29N3O2/c1-17-7-6-8-22(18(17)2)27-16-19(15-23(27)28)24(29)25-20-9-11-21(12-10-20)26-13-4-3-5-14-26/h6-12,19H,3-5,13-16H2,1-2H3,(H,25,29). The van der Waals surface area contributed by atoms with Crippen molar-refractivity contribution in [1.82, 2.24) is 0 Å². The molecule has 0 radical (unpaired) electrons. The van der Waals surface area contributed by atoms with Gasteiger partial charge in [0.05, 0.1) is 5.92 Å². The minimum Gasteiger partial charge on any atom is -0.372 e. The highest BCUT2D eigenvalue weighted by Crippen LogP contribution is 2.30. The summed E-state index contributed by atoms with van der Waals surface area (Å²) in [5.74, 6) is -0.402. The number of piperidine rings is 1. The summed E-state index contributed by atoms with van der Waals surface area (Å²) in [6.45, 7) is 6.70. The van der Waals surface area contributed by atoms with Crippen molar-refractivity contribution >= 4 is 28.9 Å². The summed E-state index contributed by atoms with van der Waals surface area (Å²) in [5, 5.41) is 3.00. The monoisotopic (exact) mass is 391 g/mol. The van der Waals surface area contributed by atoms with Crippen LogP contribution in [0.5, 0.6) is 0 Å². The van der Waals surface area contributed by atoms with E-state index in [9.17, 15) is 9.59 Å². The molecule has 2 aliphatic heterocycles. The summed E-state index contributed by atoms with van der Waals surface area (Å²) in [5.41, 5.74) is 5.15. The van der Waals surface area contributed by atoms with Crippen LogP contribution in [0.3, 0.4) is 0 Å². The van der Waals surface area contributed by atoms with Crippen molar-refractivity contribution in [2.45, 2.75) is 39.5 Å². The summed E-state index contributed by atoms with van der Waals surface area (Å²) in [6, 6.07) is 14.0. The normalized spacial score (nSPS) is 19.5. The summed E-state index contributed by atoms with van der Waals surface area (Å²) in [7, 11) is 0. The third-order valence-electron chi connectivity index (χ3n) is 6.22. The Kier molecular flexibility index (Phi) is 5.56. The van der Waals surface area contributed by atoms with Crippen molar-refractivity contribution in [3.8, 4) is 0 Å². The van der Waals surface area contributed by atoms with Crippen LogP contribution in [0.15, 0.2) is 42.5 Å². The molecule has 1 atom stereocenters. The molecule has 152 valence electrons. The first-order valence-electron chi connectivity index (χ1n) is 10.6. The van der Waals surface area contributed by atoms with E-state index in [1.807, 2.05) is 44.2 Å². The van der Waals surface area contributed by atoms with Gasteiger partial charge < -0.3 is 15.1 Å². The molecule has 1 N–H and O–H groups in total. The van der Waals surface area contributed by atoms with Gasteiger partial charge in [0.2, 0.25) is 11.8 Å². The highest BCUT2D eigenvalue weighted by Gasteiger charge is 2.35. The highest BCUT2D eigenvalue weighted by molar-refractivity contribution is 6.04. The predicted octanol–water partition coefficient (Wildman–Crippen LogP) is 4.29. The fraction of sp³-hybridized carbons (Fsp3) is 0.417. The molecule has 0 saturated carbocycles. The van der Waals surface area contributed by atoms with Crippen molar-refractivity contribution in [3.63, 3.8) is 0 Å². The second kappa shape index (κ2) is 8.27. The number of rotatable bonds is 4. The molecule has 2 aromatic rings. The third-order valence-corrected chi connectivity index (χ3v) is 6.22. The van der Waals surface area contributed by atoms with E-state index in [4.69, 9.17) is 0 Å². The summed E-state index contributed by atoms with van der Waals surface area (Å²) < 4.78 is 0. The number of hydrogen-bond acceptors (Lipinski definition) is 3. The maximum absolute atomic E-state index is 12.8. The second-order valence-corrected chi connectivity index (χ2v) is 8.21. The fourth-order valence-electron chi connectivity index (χ4n) is 4.30. The van der Waals surface area contributed by atoms with Gasteiger partial charge in [0.25, 0.3) is 0 Å². The summed E-state index contributed by atoms with van der Waals surface area (Å²) >= 11 is 0. The molecule has 0 aliphatic carbocycles. The average Bonchev–Trinajstić information content (AvgIpc) is 3.13. The quantitative estimate of drug-likeness (QED) is 0.846. The van der Waals surface area contributed by atoms with E-state index in [-0.39, 0.29) is 24.2 Å². The molecule has 1 unspecified atom stereocenters. The molecular formula is C24H29N3O2. The van der Waals surface area contributed by atoms with Gasteiger partial charge in [-0.2, -0.15) is 0 Å². The van der Waals surface area contributed by atoms with Crippen LogP contribution in [0.1, 0.15) is 36.8 Å². The maximum atomic E-state index is 12.8. The van der Waals surface area contributed by atoms with Gasteiger partial charge in [-0.3, -0.25) is 9.59 Å². The highest BCUT2D eigenvalue weighted by atomic mass is 16.2. The van der Waals surface area contributed by atoms with Crippen molar-refractivity contribution < 1.29 is 9.59 Å². The lowest BCUT2D eigenvalue weighted by molar-refractivity contribution is -0.122. The van der Waals surface area contributed by atoms with Crippen molar-refractivity contribution in [3.05, 3.63) is 53.6 Å². The lowest BCUT2D eigenvalue weighted by atomic mass is 10.1. The third kappa shape index (κ3) is 4.14. The van der Waals surface area contributed by atoms with E-state index in [0.717, 1.165) is 35.6 Å². The first kappa shape index (κ1) is 19.5. The van der Waals surface area contributed by atoms with Gasteiger partial charge >= 0.3 is 0 Å². The Hall–Kier alpha value is -2.82. The Morgan fingerprint density at radius 2 is 1.72 bits per heavy atom. The molecule has 2 saturated heterocycles. The molecule has 0 spiro atoms. The second-order valence-electron chi connectivity index (χ2n) is 8.21. The van der Waals surface area contributed by atoms with Crippen LogP contribution in [0.25, 0.3) is 0 Å². The van der Waals surface area contributed by atoms with Crippen LogP contribution < -0.4 is 15.1 Å². The molecule has 5 nitrogen and oxygen atoms in total. The van der Waals surface area contributed by atoms with Gasteiger partial charge in [0, 0.05) is 43.1 Å². The van der Waals surface area contributed by atoms with E-state index in [1.165, 1.54) is 24.9 Å². The number of carbonyl (C=O) groups is 2. The Morgan fingerprint density at radius 3 is 2.45 bits per heavy atom. The first-order chi connectivity index (χ1) is 14.0. The minimum absolute atomic E-state index is 0.0132. The van der Waals surface area contributed by atoms with Crippen LogP contribution in [0, 0.1) is 19.8 Å². The van der Waals surface area contributed by atoms with E-state index >= 15 is 0 Å². The van der Waals surface area contributed by atoms with Gasteiger partial charge in [0.15, 0.2) is 0 Å². The number of amides is 2. The summed E-state index contributed by atoms with van der Waals surface area (Å²) in [6.07, 6.45) is 4.05. The van der Waals surface area contributed by atoms with Crippen LogP contribution in [0.2, 0.25) is 0 Å². The molecule has 29 heavy (non-hydrogen) atoms. The lowest BCUT2D eigenvalue weighted by Gasteiger charge is -2.28. The fourth-order valence-corrected chi connectivity index (χ4v) is 4.30. The number of carbonyl (C=O) groups excluding carboxylic acids is 2. The number of benzene rings is 2. The van der Waals surface area contributed by atoms with E-state index in [2.05, 4.69) is 22.3 Å². The van der Waals surface area contributed by atoms with Crippen LogP contribution >= 0.6 is 0 Å². The molecule has 2 amide bonds. The Bertz CT molecular complexity index is 901. The smallest absolute Gasteiger partial charge is 0.229 e. The van der Waals surface area contributed by atoms with E-state index in [0.29, 0.717) is 6.54 Å². The number of aryl methyl sites for hydroxylation is 1. The first-order valence-corrected chi connectivity index (χ1v) is 10.6. The largest absolute Gasteiger partial charge is 0.372 e. The topological polar surface area (TPSA) is 52.7 Å². The van der Waals surface area contributed by atoms with Crippen molar-refractivity contribution in [1.29, 1.82) is 0 Å². The number of anilines is 3. The molecule has 2 heterocycles. The van der Waals surface area contributed by atoms with Crippen LogP contribution in [-0.4, -0.2) is 31.4 Å². The zero-order chi connectivity index (χ0) is 20.4. The van der Waals surface area contributed by atoms with Crippen LogP contribution in [-0.2, 0) is 9.59 Å². The Labute approximate surface area is 172 Å².